The number of amides is 2. The van der Waals surface area contributed by atoms with Gasteiger partial charge in [0.05, 0.1) is 16.0 Å². The van der Waals surface area contributed by atoms with Crippen LogP contribution < -0.4 is 0 Å². The lowest BCUT2D eigenvalue weighted by atomic mass is 10.1. The SMILES string of the molecule is O=C1c2ccccc2C(=O)N1CCCCN(Cc1ccccc1)S(=O)(=O)c1ccc(Cl)cc1. The zero-order valence-corrected chi connectivity index (χ0v) is 19.4. The van der Waals surface area contributed by atoms with E-state index in [9.17, 15) is 18.0 Å². The van der Waals surface area contributed by atoms with Crippen LogP contribution in [0.3, 0.4) is 0 Å². The summed E-state index contributed by atoms with van der Waals surface area (Å²) in [6.45, 7) is 0.717. The van der Waals surface area contributed by atoms with Crippen LogP contribution in [0.25, 0.3) is 0 Å². The Morgan fingerprint density at radius 3 is 1.94 bits per heavy atom. The van der Waals surface area contributed by atoms with E-state index in [1.807, 2.05) is 30.3 Å². The van der Waals surface area contributed by atoms with Gasteiger partial charge >= 0.3 is 0 Å². The van der Waals surface area contributed by atoms with Gasteiger partial charge in [-0.05, 0) is 54.8 Å². The molecule has 0 saturated carbocycles. The Morgan fingerprint density at radius 2 is 1.33 bits per heavy atom. The minimum absolute atomic E-state index is 0.170. The highest BCUT2D eigenvalue weighted by Crippen LogP contribution is 2.24. The van der Waals surface area contributed by atoms with Crippen LogP contribution in [0.4, 0.5) is 0 Å². The van der Waals surface area contributed by atoms with Gasteiger partial charge in [-0.3, -0.25) is 14.5 Å². The van der Waals surface area contributed by atoms with Crippen molar-refractivity contribution in [3.8, 4) is 0 Å². The smallest absolute Gasteiger partial charge is 0.261 e. The molecule has 0 spiro atoms. The molecule has 0 bridgehead atoms. The van der Waals surface area contributed by atoms with E-state index in [1.54, 1.807) is 36.4 Å². The second kappa shape index (κ2) is 9.87. The first-order chi connectivity index (χ1) is 15.9. The van der Waals surface area contributed by atoms with E-state index in [2.05, 4.69) is 0 Å². The predicted octanol–water partition coefficient (Wildman–Crippen LogP) is 4.61. The number of halogens is 1. The molecule has 0 radical (unpaired) electrons. The number of hydrogen-bond acceptors (Lipinski definition) is 4. The predicted molar refractivity (Wildman–Crippen MR) is 127 cm³/mol. The van der Waals surface area contributed by atoms with Crippen molar-refractivity contribution < 1.29 is 18.0 Å². The Labute approximate surface area is 198 Å². The minimum Gasteiger partial charge on any atom is -0.274 e. The fourth-order valence-corrected chi connectivity index (χ4v) is 5.42. The summed E-state index contributed by atoms with van der Waals surface area (Å²) in [5, 5.41) is 0.463. The lowest BCUT2D eigenvalue weighted by Gasteiger charge is -2.23. The summed E-state index contributed by atoms with van der Waals surface area (Å²) in [6.07, 6.45) is 0.986. The van der Waals surface area contributed by atoms with Crippen molar-refractivity contribution in [3.05, 3.63) is 101 Å². The molecule has 33 heavy (non-hydrogen) atoms. The second-order valence-electron chi connectivity index (χ2n) is 7.79. The Hall–Kier alpha value is -3.00. The maximum absolute atomic E-state index is 13.3. The number of unbranched alkanes of at least 4 members (excludes halogenated alkanes) is 1. The summed E-state index contributed by atoms with van der Waals surface area (Å²) in [5.41, 5.74) is 1.70. The molecular weight excluding hydrogens is 460 g/mol. The molecule has 3 aromatic rings. The Bertz CT molecular complexity index is 1230. The molecule has 4 rings (SSSR count). The number of sulfonamides is 1. The van der Waals surface area contributed by atoms with Crippen molar-refractivity contribution in [1.29, 1.82) is 0 Å². The van der Waals surface area contributed by atoms with Crippen LogP contribution >= 0.6 is 11.6 Å². The topological polar surface area (TPSA) is 74.8 Å². The van der Waals surface area contributed by atoms with E-state index in [-0.39, 0.29) is 36.3 Å². The Kier molecular flexibility index (Phi) is 6.93. The van der Waals surface area contributed by atoms with Gasteiger partial charge in [0.2, 0.25) is 10.0 Å². The number of carbonyl (C=O) groups excluding carboxylic acids is 2. The summed E-state index contributed by atoms with van der Waals surface area (Å²) >= 11 is 5.92. The van der Waals surface area contributed by atoms with Crippen LogP contribution in [0.1, 0.15) is 39.1 Å². The largest absolute Gasteiger partial charge is 0.274 e. The third kappa shape index (κ3) is 5.00. The van der Waals surface area contributed by atoms with Gasteiger partial charge in [0.25, 0.3) is 11.8 Å². The number of fused-ring (bicyclic) bond motifs is 1. The summed E-state index contributed by atoms with van der Waals surface area (Å²) in [5.74, 6) is -0.601. The first kappa shape index (κ1) is 23.2. The van der Waals surface area contributed by atoms with Crippen molar-refractivity contribution >= 4 is 33.4 Å². The lowest BCUT2D eigenvalue weighted by molar-refractivity contribution is 0.0651. The van der Waals surface area contributed by atoms with Gasteiger partial charge in [0.1, 0.15) is 0 Å². The average Bonchev–Trinajstić information content (AvgIpc) is 3.07. The summed E-state index contributed by atoms with van der Waals surface area (Å²) in [6, 6.07) is 22.2. The highest BCUT2D eigenvalue weighted by molar-refractivity contribution is 7.89. The molecule has 0 unspecified atom stereocenters. The standard InChI is InChI=1S/C25H23ClN2O4S/c26-20-12-14-21(15-13-20)33(31,32)27(18-19-8-2-1-3-9-19)16-6-7-17-28-24(29)22-10-4-5-11-23(22)25(28)30/h1-5,8-15H,6-7,16-18H2. The number of hydrogen-bond donors (Lipinski definition) is 0. The Balaban J connectivity index is 1.44. The van der Waals surface area contributed by atoms with Gasteiger partial charge in [0, 0.05) is 24.7 Å². The van der Waals surface area contributed by atoms with Crippen molar-refractivity contribution in [2.75, 3.05) is 13.1 Å². The molecule has 170 valence electrons. The number of nitrogens with zero attached hydrogens (tertiary/aromatic N) is 2. The molecule has 0 fully saturated rings. The van der Waals surface area contributed by atoms with Crippen LogP contribution in [0.5, 0.6) is 0 Å². The maximum atomic E-state index is 13.3. The number of rotatable bonds is 9. The number of carbonyl (C=O) groups is 2. The normalized spacial score (nSPS) is 13.6. The molecular formula is C25H23ClN2O4S. The highest BCUT2D eigenvalue weighted by atomic mass is 35.5. The van der Waals surface area contributed by atoms with E-state index in [0.717, 1.165) is 5.56 Å². The molecule has 0 saturated heterocycles. The molecule has 6 nitrogen and oxygen atoms in total. The van der Waals surface area contributed by atoms with Gasteiger partial charge in [-0.25, -0.2) is 8.42 Å². The first-order valence-electron chi connectivity index (χ1n) is 10.6. The van der Waals surface area contributed by atoms with E-state index >= 15 is 0 Å². The summed E-state index contributed by atoms with van der Waals surface area (Å²) < 4.78 is 28.1. The van der Waals surface area contributed by atoms with Crippen LogP contribution in [-0.2, 0) is 16.6 Å². The summed E-state index contributed by atoms with van der Waals surface area (Å²) in [4.78, 5) is 26.5. The fraction of sp³-hybridized carbons (Fsp3) is 0.200. The molecule has 3 aromatic carbocycles. The van der Waals surface area contributed by atoms with E-state index in [0.29, 0.717) is 29.0 Å². The fourth-order valence-electron chi connectivity index (χ4n) is 3.83. The maximum Gasteiger partial charge on any atom is 0.261 e. The number of imide groups is 1. The van der Waals surface area contributed by atoms with Crippen molar-refractivity contribution in [2.24, 2.45) is 0 Å². The monoisotopic (exact) mass is 482 g/mol. The van der Waals surface area contributed by atoms with E-state index in [1.165, 1.54) is 21.3 Å². The molecule has 1 heterocycles. The van der Waals surface area contributed by atoms with E-state index in [4.69, 9.17) is 11.6 Å². The lowest BCUT2D eigenvalue weighted by Crippen LogP contribution is -2.33. The molecule has 2 amide bonds. The zero-order chi connectivity index (χ0) is 23.4. The van der Waals surface area contributed by atoms with Crippen molar-refractivity contribution in [3.63, 3.8) is 0 Å². The quantitative estimate of drug-likeness (QED) is 0.330. The molecule has 1 aliphatic heterocycles. The molecule has 0 aliphatic carbocycles. The van der Waals surface area contributed by atoms with Crippen molar-refractivity contribution in [2.45, 2.75) is 24.3 Å². The van der Waals surface area contributed by atoms with Gasteiger partial charge in [-0.2, -0.15) is 4.31 Å². The Morgan fingerprint density at radius 1 is 0.758 bits per heavy atom. The number of benzene rings is 3. The molecule has 0 aromatic heterocycles. The molecule has 0 atom stereocenters. The van der Waals surface area contributed by atoms with Gasteiger partial charge < -0.3 is 0 Å². The first-order valence-corrected chi connectivity index (χ1v) is 12.4. The zero-order valence-electron chi connectivity index (χ0n) is 17.9. The van der Waals surface area contributed by atoms with Gasteiger partial charge in [-0.1, -0.05) is 54.1 Å². The van der Waals surface area contributed by atoms with Crippen LogP contribution in [0, 0.1) is 0 Å². The minimum atomic E-state index is -3.75. The molecule has 0 N–H and O–H groups in total. The average molecular weight is 483 g/mol. The van der Waals surface area contributed by atoms with E-state index < -0.39 is 10.0 Å². The third-order valence-corrected chi connectivity index (χ3v) is 7.68. The summed E-state index contributed by atoms with van der Waals surface area (Å²) in [7, 11) is -3.75. The van der Waals surface area contributed by atoms with Crippen LogP contribution in [0.2, 0.25) is 5.02 Å². The van der Waals surface area contributed by atoms with Crippen molar-refractivity contribution in [1.82, 2.24) is 9.21 Å². The second-order valence-corrected chi connectivity index (χ2v) is 10.2. The molecule has 1 aliphatic rings. The van der Waals surface area contributed by atoms with Gasteiger partial charge in [-0.15, -0.1) is 0 Å². The van der Waals surface area contributed by atoms with Crippen LogP contribution in [0.15, 0.2) is 83.8 Å². The molecule has 8 heteroatoms. The van der Waals surface area contributed by atoms with Crippen LogP contribution in [-0.4, -0.2) is 42.5 Å². The third-order valence-electron chi connectivity index (χ3n) is 5.57. The highest BCUT2D eigenvalue weighted by Gasteiger charge is 2.34. The van der Waals surface area contributed by atoms with Gasteiger partial charge in [0.15, 0.2) is 0 Å².